The Labute approximate surface area is 204 Å². The molecular weight excluding hydrogens is 472 g/mol. The number of hydrogen-bond donors (Lipinski definition) is 1. The van der Waals surface area contributed by atoms with Crippen LogP contribution in [-0.4, -0.2) is 51.2 Å². The van der Waals surface area contributed by atoms with Gasteiger partial charge < -0.3 is 9.47 Å². The van der Waals surface area contributed by atoms with Crippen LogP contribution in [-0.2, 0) is 10.0 Å². The Hall–Kier alpha value is -2.95. The van der Waals surface area contributed by atoms with E-state index in [2.05, 4.69) is 22.4 Å². The fraction of sp³-hybridized carbons (Fsp3) is 0.333. The lowest BCUT2D eigenvalue weighted by molar-refractivity contribution is 0.288. The quantitative estimate of drug-likeness (QED) is 0.356. The van der Waals surface area contributed by atoms with E-state index in [-0.39, 0.29) is 0 Å². The van der Waals surface area contributed by atoms with E-state index in [0.29, 0.717) is 40.5 Å². The second-order valence-corrected chi connectivity index (χ2v) is 10.9. The molecule has 1 N–H and O–H groups in total. The second kappa shape index (κ2) is 10.5. The molecule has 1 aliphatic heterocycles. The summed E-state index contributed by atoms with van der Waals surface area (Å²) in [5.41, 5.74) is 5.38. The summed E-state index contributed by atoms with van der Waals surface area (Å²) < 4.78 is 38.0. The van der Waals surface area contributed by atoms with Crippen molar-refractivity contribution >= 4 is 32.7 Å². The summed E-state index contributed by atoms with van der Waals surface area (Å²) in [7, 11) is -0.280. The molecule has 10 heteroatoms. The van der Waals surface area contributed by atoms with Crippen LogP contribution in [0.15, 0.2) is 57.8 Å². The minimum absolute atomic E-state index is 0.318. The average molecular weight is 501 g/mol. The number of thiazole rings is 1. The molecule has 1 saturated heterocycles. The van der Waals surface area contributed by atoms with Crippen LogP contribution in [0, 0.1) is 5.92 Å². The average Bonchev–Trinajstić information content (AvgIpc) is 3.33. The van der Waals surface area contributed by atoms with Crippen LogP contribution >= 0.6 is 11.3 Å². The van der Waals surface area contributed by atoms with E-state index in [0.717, 1.165) is 29.7 Å². The molecule has 3 aromatic rings. The lowest BCUT2D eigenvalue weighted by Crippen LogP contribution is -2.37. The molecule has 34 heavy (non-hydrogen) atoms. The highest BCUT2D eigenvalue weighted by Gasteiger charge is 2.28. The molecule has 0 unspecified atom stereocenters. The third-order valence-corrected chi connectivity index (χ3v) is 8.48. The van der Waals surface area contributed by atoms with E-state index in [1.54, 1.807) is 49.0 Å². The number of nitrogens with zero attached hydrogens (tertiary/aromatic N) is 3. The second-order valence-electron chi connectivity index (χ2n) is 8.13. The summed E-state index contributed by atoms with van der Waals surface area (Å²) in [6.07, 6.45) is 3.48. The van der Waals surface area contributed by atoms with E-state index in [1.165, 1.54) is 11.3 Å². The third kappa shape index (κ3) is 5.40. The molecule has 0 radical (unpaired) electrons. The fourth-order valence-corrected chi connectivity index (χ4v) is 5.86. The maximum Gasteiger partial charge on any atom is 0.243 e. The minimum atomic E-state index is -3.46. The Balaban J connectivity index is 1.41. The molecule has 0 amide bonds. The molecule has 1 aliphatic rings. The Kier molecular flexibility index (Phi) is 7.50. The van der Waals surface area contributed by atoms with E-state index < -0.39 is 10.0 Å². The number of benzene rings is 2. The number of hydrazone groups is 1. The normalized spacial score (nSPS) is 15.5. The molecule has 2 heterocycles. The molecule has 0 spiro atoms. The van der Waals surface area contributed by atoms with Gasteiger partial charge in [0.1, 0.15) is 0 Å². The molecule has 0 atom stereocenters. The maximum atomic E-state index is 12.9. The van der Waals surface area contributed by atoms with Gasteiger partial charge in [0.05, 0.1) is 31.0 Å². The lowest BCUT2D eigenvalue weighted by Gasteiger charge is -2.29. The Morgan fingerprint density at radius 3 is 2.47 bits per heavy atom. The molecule has 2 aromatic carbocycles. The first-order valence-corrected chi connectivity index (χ1v) is 13.3. The highest BCUT2D eigenvalue weighted by molar-refractivity contribution is 7.89. The van der Waals surface area contributed by atoms with Crippen LogP contribution in [0.5, 0.6) is 11.5 Å². The molecule has 180 valence electrons. The van der Waals surface area contributed by atoms with Gasteiger partial charge in [0, 0.05) is 24.0 Å². The number of nitrogens with one attached hydrogen (secondary N) is 1. The van der Waals surface area contributed by atoms with Crippen molar-refractivity contribution in [2.75, 3.05) is 32.7 Å². The smallest absolute Gasteiger partial charge is 0.243 e. The highest BCUT2D eigenvalue weighted by Crippen LogP contribution is 2.29. The standard InChI is InChI=1S/C24H28N4O4S2/c1-17-10-12-28(13-11-17)34(29,30)20-7-5-19(6-8-20)21-16-33-24(26-21)27-25-15-18-4-9-22(31-2)23(14-18)32-3/h4-9,14-17H,10-13H2,1-3H3,(H,26,27)/b25-15+. The molecule has 4 rings (SSSR count). The fourth-order valence-electron chi connectivity index (χ4n) is 3.72. The van der Waals surface area contributed by atoms with E-state index in [1.807, 2.05) is 23.6 Å². The van der Waals surface area contributed by atoms with Gasteiger partial charge in [0.25, 0.3) is 0 Å². The number of rotatable bonds is 8. The molecule has 1 aromatic heterocycles. The van der Waals surface area contributed by atoms with Crippen LogP contribution in [0.4, 0.5) is 5.13 Å². The van der Waals surface area contributed by atoms with E-state index in [4.69, 9.17) is 9.47 Å². The molecule has 1 fully saturated rings. The summed E-state index contributed by atoms with van der Waals surface area (Å²) in [6.45, 7) is 3.32. The zero-order valence-electron chi connectivity index (χ0n) is 19.4. The molecule has 8 nitrogen and oxygen atoms in total. The van der Waals surface area contributed by atoms with Crippen molar-refractivity contribution in [3.8, 4) is 22.8 Å². The van der Waals surface area contributed by atoms with Gasteiger partial charge in [-0.25, -0.2) is 13.4 Å². The third-order valence-electron chi connectivity index (χ3n) is 5.82. The lowest BCUT2D eigenvalue weighted by atomic mass is 10.0. The van der Waals surface area contributed by atoms with Crippen LogP contribution in [0.25, 0.3) is 11.3 Å². The largest absolute Gasteiger partial charge is 0.493 e. The van der Waals surface area contributed by atoms with Crippen molar-refractivity contribution in [1.82, 2.24) is 9.29 Å². The van der Waals surface area contributed by atoms with Crippen LogP contribution in [0.3, 0.4) is 0 Å². The van der Waals surface area contributed by atoms with Gasteiger partial charge in [0.15, 0.2) is 11.5 Å². The first-order valence-electron chi connectivity index (χ1n) is 11.0. The zero-order chi connectivity index (χ0) is 24.1. The van der Waals surface area contributed by atoms with Crippen molar-refractivity contribution in [3.05, 3.63) is 53.4 Å². The Bertz CT molecular complexity index is 1250. The van der Waals surface area contributed by atoms with Crippen molar-refractivity contribution in [2.45, 2.75) is 24.7 Å². The summed E-state index contributed by atoms with van der Waals surface area (Å²) >= 11 is 1.42. The van der Waals surface area contributed by atoms with Gasteiger partial charge in [-0.15, -0.1) is 11.3 Å². The van der Waals surface area contributed by atoms with Crippen LogP contribution in [0.2, 0.25) is 0 Å². The van der Waals surface area contributed by atoms with Gasteiger partial charge in [-0.1, -0.05) is 19.1 Å². The maximum absolute atomic E-state index is 12.9. The SMILES string of the molecule is COc1ccc(/C=N/Nc2nc(-c3ccc(S(=O)(=O)N4CCC(C)CC4)cc3)cs2)cc1OC. The molecule has 0 saturated carbocycles. The van der Waals surface area contributed by atoms with Crippen molar-refractivity contribution in [3.63, 3.8) is 0 Å². The van der Waals surface area contributed by atoms with Gasteiger partial charge in [-0.2, -0.15) is 9.41 Å². The van der Waals surface area contributed by atoms with Crippen LogP contribution in [0.1, 0.15) is 25.3 Å². The summed E-state index contributed by atoms with van der Waals surface area (Å²) in [5, 5.41) is 6.78. The first kappa shape index (κ1) is 24.2. The summed E-state index contributed by atoms with van der Waals surface area (Å²) in [6, 6.07) is 12.4. The number of hydrogen-bond acceptors (Lipinski definition) is 8. The van der Waals surface area contributed by atoms with E-state index in [9.17, 15) is 8.42 Å². The number of piperidine rings is 1. The van der Waals surface area contributed by atoms with Gasteiger partial charge >= 0.3 is 0 Å². The van der Waals surface area contributed by atoms with Gasteiger partial charge in [-0.3, -0.25) is 5.43 Å². The summed E-state index contributed by atoms with van der Waals surface area (Å²) in [5.74, 6) is 1.86. The number of sulfonamides is 1. The van der Waals surface area contributed by atoms with Crippen molar-refractivity contribution in [1.29, 1.82) is 0 Å². The van der Waals surface area contributed by atoms with Crippen molar-refractivity contribution in [2.24, 2.45) is 11.0 Å². The molecule has 0 bridgehead atoms. The predicted octanol–water partition coefficient (Wildman–Crippen LogP) is 4.69. The van der Waals surface area contributed by atoms with Crippen LogP contribution < -0.4 is 14.9 Å². The number of aromatic nitrogens is 1. The van der Waals surface area contributed by atoms with E-state index >= 15 is 0 Å². The number of ether oxygens (including phenoxy) is 2. The van der Waals surface area contributed by atoms with Crippen molar-refractivity contribution < 1.29 is 17.9 Å². The number of anilines is 1. The molecule has 0 aliphatic carbocycles. The predicted molar refractivity (Wildman–Crippen MR) is 135 cm³/mol. The zero-order valence-corrected chi connectivity index (χ0v) is 21.0. The van der Waals surface area contributed by atoms with Gasteiger partial charge in [-0.05, 0) is 54.7 Å². The first-order chi connectivity index (χ1) is 16.4. The molecular formula is C24H28N4O4S2. The Morgan fingerprint density at radius 1 is 1.09 bits per heavy atom. The monoisotopic (exact) mass is 500 g/mol. The Morgan fingerprint density at radius 2 is 1.79 bits per heavy atom. The van der Waals surface area contributed by atoms with Gasteiger partial charge in [0.2, 0.25) is 15.2 Å². The topological polar surface area (TPSA) is 93.1 Å². The highest BCUT2D eigenvalue weighted by atomic mass is 32.2. The minimum Gasteiger partial charge on any atom is -0.493 e. The summed E-state index contributed by atoms with van der Waals surface area (Å²) in [4.78, 5) is 4.87. The number of methoxy groups -OCH3 is 2.